The number of methoxy groups -OCH3 is 1. The minimum absolute atomic E-state index is 0.0607. The number of carbonyl (C=O) groups excluding carboxylic acids is 3. The fraction of sp³-hybridized carbons (Fsp3) is 0.375. The third-order valence-electron chi connectivity index (χ3n) is 5.66. The van der Waals surface area contributed by atoms with Crippen molar-refractivity contribution in [3.05, 3.63) is 59.7 Å². The number of hydrogen-bond donors (Lipinski definition) is 1. The van der Waals surface area contributed by atoms with Gasteiger partial charge in [0, 0.05) is 26.1 Å². The van der Waals surface area contributed by atoms with Crippen LogP contribution in [0.3, 0.4) is 0 Å². The summed E-state index contributed by atoms with van der Waals surface area (Å²) >= 11 is 0. The largest absolute Gasteiger partial charge is 0.497 e. The molecule has 9 nitrogen and oxygen atoms in total. The van der Waals surface area contributed by atoms with E-state index >= 15 is 0 Å². The molecule has 1 N–H and O–H groups in total. The van der Waals surface area contributed by atoms with Crippen LogP contribution in [0.1, 0.15) is 42.6 Å². The number of carbonyl (C=O) groups is 3. The fourth-order valence-corrected chi connectivity index (χ4v) is 5.54. The van der Waals surface area contributed by atoms with E-state index in [2.05, 4.69) is 5.32 Å². The summed E-state index contributed by atoms with van der Waals surface area (Å²) in [5.41, 5.74) is 0.852. The molecular weight excluding hydrogens is 458 g/mol. The van der Waals surface area contributed by atoms with Gasteiger partial charge < -0.3 is 15.0 Å². The summed E-state index contributed by atoms with van der Waals surface area (Å²) in [6.07, 6.45) is 0.118. The number of nitrogens with one attached hydrogen (secondary N) is 1. The van der Waals surface area contributed by atoms with Crippen molar-refractivity contribution in [1.82, 2.24) is 14.5 Å². The average molecular weight is 488 g/mol. The highest BCUT2D eigenvalue weighted by Gasteiger charge is 2.41. The third-order valence-corrected chi connectivity index (χ3v) is 7.51. The van der Waals surface area contributed by atoms with E-state index in [1.165, 1.54) is 24.1 Å². The predicted octanol–water partition coefficient (Wildman–Crippen LogP) is 2.17. The van der Waals surface area contributed by atoms with Crippen molar-refractivity contribution >= 4 is 27.7 Å². The number of hydrogen-bond acceptors (Lipinski definition) is 6. The lowest BCUT2D eigenvalue weighted by Gasteiger charge is -2.31. The quantitative estimate of drug-likeness (QED) is 0.550. The summed E-state index contributed by atoms with van der Waals surface area (Å²) in [6, 6.07) is 12.4. The van der Waals surface area contributed by atoms with Gasteiger partial charge in [0.2, 0.25) is 11.8 Å². The summed E-state index contributed by atoms with van der Waals surface area (Å²) in [7, 11) is -2.48. The molecule has 1 heterocycles. The Morgan fingerprint density at radius 2 is 1.85 bits per heavy atom. The molecule has 1 unspecified atom stereocenters. The Balaban J connectivity index is 1.83. The zero-order valence-corrected chi connectivity index (χ0v) is 20.3. The van der Waals surface area contributed by atoms with Gasteiger partial charge in [0.05, 0.1) is 12.7 Å². The van der Waals surface area contributed by atoms with Crippen molar-refractivity contribution < 1.29 is 27.5 Å². The van der Waals surface area contributed by atoms with E-state index in [1.807, 2.05) is 6.07 Å². The number of nitrogens with zero attached hydrogens (tertiary/aromatic N) is 2. The SMILES string of the molecule is CCNC(=O)C(CC)N(Cc1cccc(OC)c1)C(=O)CCN1C(=O)c2ccccc2S1(=O)=O. The number of ether oxygens (including phenoxy) is 1. The topological polar surface area (TPSA) is 113 Å². The van der Waals surface area contributed by atoms with Crippen LogP contribution < -0.4 is 10.1 Å². The Morgan fingerprint density at radius 3 is 2.50 bits per heavy atom. The van der Waals surface area contributed by atoms with E-state index in [0.717, 1.165) is 9.87 Å². The molecule has 3 amide bonds. The first-order chi connectivity index (χ1) is 16.2. The van der Waals surface area contributed by atoms with Crippen molar-refractivity contribution in [2.75, 3.05) is 20.2 Å². The van der Waals surface area contributed by atoms with Crippen LogP contribution in [-0.2, 0) is 26.2 Å². The Morgan fingerprint density at radius 1 is 1.12 bits per heavy atom. The Bertz CT molecular complexity index is 1180. The maximum Gasteiger partial charge on any atom is 0.269 e. The monoisotopic (exact) mass is 487 g/mol. The molecule has 0 fully saturated rings. The highest BCUT2D eigenvalue weighted by molar-refractivity contribution is 7.90. The molecular formula is C24H29N3O6S. The summed E-state index contributed by atoms with van der Waals surface area (Å²) in [5.74, 6) is -0.764. The summed E-state index contributed by atoms with van der Waals surface area (Å²) in [6.45, 7) is 3.83. The highest BCUT2D eigenvalue weighted by atomic mass is 32.2. The molecule has 1 aliphatic rings. The van der Waals surface area contributed by atoms with Gasteiger partial charge in [-0.1, -0.05) is 31.2 Å². The van der Waals surface area contributed by atoms with E-state index in [1.54, 1.807) is 44.2 Å². The second-order valence-corrected chi connectivity index (χ2v) is 9.65. The van der Waals surface area contributed by atoms with Crippen LogP contribution in [0.5, 0.6) is 5.75 Å². The smallest absolute Gasteiger partial charge is 0.269 e. The van der Waals surface area contributed by atoms with Gasteiger partial charge in [-0.15, -0.1) is 0 Å². The summed E-state index contributed by atoms with van der Waals surface area (Å²) in [5, 5.41) is 2.75. The van der Waals surface area contributed by atoms with Gasteiger partial charge in [-0.05, 0) is 43.2 Å². The molecule has 34 heavy (non-hydrogen) atoms. The number of benzene rings is 2. The van der Waals surface area contributed by atoms with Gasteiger partial charge >= 0.3 is 0 Å². The summed E-state index contributed by atoms with van der Waals surface area (Å²) < 4.78 is 31.6. The van der Waals surface area contributed by atoms with Crippen molar-refractivity contribution in [1.29, 1.82) is 0 Å². The Hall–Kier alpha value is -3.40. The summed E-state index contributed by atoms with van der Waals surface area (Å²) in [4.78, 5) is 40.1. The lowest BCUT2D eigenvalue weighted by Crippen LogP contribution is -2.49. The van der Waals surface area contributed by atoms with Crippen molar-refractivity contribution in [2.24, 2.45) is 0 Å². The molecule has 3 rings (SSSR count). The van der Waals surface area contributed by atoms with E-state index < -0.39 is 27.9 Å². The van der Waals surface area contributed by atoms with Gasteiger partial charge in [0.1, 0.15) is 16.7 Å². The molecule has 1 atom stereocenters. The molecule has 1 aliphatic heterocycles. The maximum absolute atomic E-state index is 13.3. The predicted molar refractivity (Wildman–Crippen MR) is 126 cm³/mol. The van der Waals surface area contributed by atoms with Gasteiger partial charge in [0.15, 0.2) is 0 Å². The van der Waals surface area contributed by atoms with Crippen LogP contribution in [0.4, 0.5) is 0 Å². The molecule has 0 saturated heterocycles. The van der Waals surface area contributed by atoms with E-state index in [9.17, 15) is 22.8 Å². The normalized spacial score (nSPS) is 14.9. The number of fused-ring (bicyclic) bond motifs is 1. The van der Waals surface area contributed by atoms with Crippen LogP contribution in [0.25, 0.3) is 0 Å². The fourth-order valence-electron chi connectivity index (χ4n) is 3.97. The molecule has 0 spiro atoms. The first-order valence-corrected chi connectivity index (χ1v) is 12.5. The Kier molecular flexibility index (Phi) is 7.93. The Labute approximate surface area is 199 Å². The van der Waals surface area contributed by atoms with Gasteiger partial charge in [-0.25, -0.2) is 12.7 Å². The van der Waals surface area contributed by atoms with E-state index in [4.69, 9.17) is 4.74 Å². The van der Waals surface area contributed by atoms with E-state index in [-0.39, 0.29) is 35.9 Å². The third kappa shape index (κ3) is 5.06. The molecule has 10 heteroatoms. The van der Waals surface area contributed by atoms with Crippen molar-refractivity contribution in [3.63, 3.8) is 0 Å². The van der Waals surface area contributed by atoms with Gasteiger partial charge in [-0.3, -0.25) is 14.4 Å². The van der Waals surface area contributed by atoms with Crippen LogP contribution >= 0.6 is 0 Å². The highest BCUT2D eigenvalue weighted by Crippen LogP contribution is 2.30. The van der Waals surface area contributed by atoms with Crippen LogP contribution in [0.2, 0.25) is 0 Å². The number of rotatable bonds is 10. The lowest BCUT2D eigenvalue weighted by molar-refractivity contribution is -0.141. The first-order valence-electron chi connectivity index (χ1n) is 11.1. The number of likely N-dealkylation sites (N-methyl/N-ethyl adjacent to an activating group) is 1. The minimum atomic E-state index is -4.02. The first kappa shape index (κ1) is 25.2. The van der Waals surface area contributed by atoms with Crippen molar-refractivity contribution in [3.8, 4) is 5.75 Å². The van der Waals surface area contributed by atoms with Gasteiger partial charge in [-0.2, -0.15) is 0 Å². The van der Waals surface area contributed by atoms with Crippen LogP contribution in [-0.4, -0.2) is 61.6 Å². The molecule has 0 aromatic heterocycles. The van der Waals surface area contributed by atoms with Crippen molar-refractivity contribution in [2.45, 2.75) is 44.2 Å². The molecule has 182 valence electrons. The number of sulfonamides is 1. The number of amides is 3. The van der Waals surface area contributed by atoms with Crippen LogP contribution in [0, 0.1) is 0 Å². The maximum atomic E-state index is 13.3. The minimum Gasteiger partial charge on any atom is -0.497 e. The molecule has 0 radical (unpaired) electrons. The van der Waals surface area contributed by atoms with E-state index in [0.29, 0.717) is 18.7 Å². The second kappa shape index (κ2) is 10.7. The van der Waals surface area contributed by atoms with Crippen LogP contribution in [0.15, 0.2) is 53.4 Å². The molecule has 2 aromatic rings. The molecule has 0 bridgehead atoms. The molecule has 2 aromatic carbocycles. The zero-order chi connectivity index (χ0) is 24.9. The standard InChI is InChI=1S/C24H29N3O6S/c1-4-20(23(29)25-5-2)26(16-17-9-8-10-18(15-17)33-3)22(28)13-14-27-24(30)19-11-6-7-12-21(19)34(27,31)32/h6-12,15,20H,4-5,13-14,16H2,1-3H3,(H,25,29). The molecule has 0 aliphatic carbocycles. The average Bonchev–Trinajstić information content (AvgIpc) is 3.02. The second-order valence-electron chi connectivity index (χ2n) is 7.82. The zero-order valence-electron chi connectivity index (χ0n) is 19.5. The lowest BCUT2D eigenvalue weighted by atomic mass is 10.1. The molecule has 0 saturated carbocycles. The van der Waals surface area contributed by atoms with Gasteiger partial charge in [0.25, 0.3) is 15.9 Å².